The van der Waals surface area contributed by atoms with Gasteiger partial charge in [0.2, 0.25) is 0 Å². The number of benzene rings is 1. The Kier molecular flexibility index (Phi) is 6.03. The molecule has 3 nitrogen and oxygen atoms in total. The van der Waals surface area contributed by atoms with E-state index in [0.29, 0.717) is 11.1 Å². The van der Waals surface area contributed by atoms with Gasteiger partial charge in [-0.15, -0.1) is 0 Å². The van der Waals surface area contributed by atoms with Crippen LogP contribution >= 0.6 is 0 Å². The molecule has 2 rings (SSSR count). The lowest BCUT2D eigenvalue weighted by atomic mass is 10.1. The van der Waals surface area contributed by atoms with Gasteiger partial charge in [0.15, 0.2) is 0 Å². The summed E-state index contributed by atoms with van der Waals surface area (Å²) >= 11 is 0. The highest BCUT2D eigenvalue weighted by Crippen LogP contribution is 2.26. The van der Waals surface area contributed by atoms with Gasteiger partial charge in [-0.3, -0.25) is 0 Å². The molecule has 0 spiro atoms. The van der Waals surface area contributed by atoms with Gasteiger partial charge in [0, 0.05) is 30.2 Å². The van der Waals surface area contributed by atoms with E-state index in [-0.39, 0.29) is 5.63 Å². The number of fused-ring (bicyclic) bond motifs is 1. The number of hydrogen-bond acceptors (Lipinski definition) is 3. The number of aryl methyl sites for hydroxylation is 1. The Hall–Kier alpha value is -2.03. The molecule has 0 bridgehead atoms. The van der Waals surface area contributed by atoms with Crippen LogP contribution in [0.2, 0.25) is 0 Å². The zero-order chi connectivity index (χ0) is 16.8. The van der Waals surface area contributed by atoms with Crippen molar-refractivity contribution in [3.8, 4) is 0 Å². The van der Waals surface area contributed by atoms with E-state index >= 15 is 0 Å². The van der Waals surface area contributed by atoms with Crippen LogP contribution in [0, 0.1) is 6.92 Å². The molecule has 2 aromatic rings. The fraction of sp³-hybridized carbons (Fsp3) is 0.450. The molecule has 3 heteroatoms. The number of anilines is 1. The van der Waals surface area contributed by atoms with Crippen LogP contribution in [0.5, 0.6) is 0 Å². The Morgan fingerprint density at radius 3 is 2.39 bits per heavy atom. The molecular weight excluding hydrogens is 286 g/mol. The van der Waals surface area contributed by atoms with Crippen LogP contribution in [0.3, 0.4) is 0 Å². The van der Waals surface area contributed by atoms with E-state index < -0.39 is 0 Å². The lowest BCUT2D eigenvalue weighted by Gasteiger charge is -2.25. The SMILES string of the molecule is C=Cc1c(C)c2ccc(N(CCCC)CCCC)cc2oc1=O. The zero-order valence-electron chi connectivity index (χ0n) is 14.5. The molecule has 0 saturated heterocycles. The smallest absolute Gasteiger partial charge is 0.343 e. The normalized spacial score (nSPS) is 10.9. The number of rotatable bonds is 8. The van der Waals surface area contributed by atoms with E-state index in [2.05, 4.69) is 37.5 Å². The topological polar surface area (TPSA) is 33.5 Å². The lowest BCUT2D eigenvalue weighted by molar-refractivity contribution is 0.557. The minimum atomic E-state index is -0.309. The van der Waals surface area contributed by atoms with Crippen LogP contribution < -0.4 is 10.5 Å². The van der Waals surface area contributed by atoms with Gasteiger partial charge in [-0.1, -0.05) is 39.3 Å². The van der Waals surface area contributed by atoms with Gasteiger partial charge in [0.1, 0.15) is 5.58 Å². The maximum absolute atomic E-state index is 12.1. The average molecular weight is 313 g/mol. The molecule has 0 unspecified atom stereocenters. The largest absolute Gasteiger partial charge is 0.422 e. The maximum Gasteiger partial charge on any atom is 0.343 e. The van der Waals surface area contributed by atoms with E-state index in [4.69, 9.17) is 4.42 Å². The molecule has 0 aliphatic rings. The Morgan fingerprint density at radius 2 is 1.83 bits per heavy atom. The summed E-state index contributed by atoms with van der Waals surface area (Å²) in [6.07, 6.45) is 6.25. The molecule has 0 N–H and O–H groups in total. The van der Waals surface area contributed by atoms with Crippen LogP contribution in [0.1, 0.15) is 50.7 Å². The molecule has 0 aliphatic carbocycles. The second-order valence-corrected chi connectivity index (χ2v) is 6.01. The standard InChI is InChI=1S/C20H27NO2/c1-5-8-12-21(13-9-6-2)16-10-11-18-15(4)17(7-3)20(22)23-19(18)14-16/h7,10-11,14H,3,5-6,8-9,12-13H2,1-2,4H3. The summed E-state index contributed by atoms with van der Waals surface area (Å²) in [5.41, 5.74) is 2.98. The van der Waals surface area contributed by atoms with Crippen LogP contribution in [-0.4, -0.2) is 13.1 Å². The summed E-state index contributed by atoms with van der Waals surface area (Å²) in [6, 6.07) is 6.19. The Balaban J connectivity index is 2.44. The Bertz CT molecular complexity index is 722. The molecule has 23 heavy (non-hydrogen) atoms. The second kappa shape index (κ2) is 8.00. The molecular formula is C20H27NO2. The van der Waals surface area contributed by atoms with Crippen molar-refractivity contribution in [3.05, 3.63) is 46.3 Å². The van der Waals surface area contributed by atoms with Crippen molar-refractivity contribution in [1.82, 2.24) is 0 Å². The predicted molar refractivity (Wildman–Crippen MR) is 99.3 cm³/mol. The molecule has 0 fully saturated rings. The van der Waals surface area contributed by atoms with Crippen LogP contribution in [0.25, 0.3) is 17.0 Å². The average Bonchev–Trinajstić information content (AvgIpc) is 2.55. The fourth-order valence-electron chi connectivity index (χ4n) is 2.86. The van der Waals surface area contributed by atoms with Gasteiger partial charge in [0.25, 0.3) is 0 Å². The van der Waals surface area contributed by atoms with Crippen molar-refractivity contribution in [2.45, 2.75) is 46.5 Å². The third-order valence-electron chi connectivity index (χ3n) is 4.33. The summed E-state index contributed by atoms with van der Waals surface area (Å²) < 4.78 is 5.51. The summed E-state index contributed by atoms with van der Waals surface area (Å²) in [6.45, 7) is 12.1. The highest BCUT2D eigenvalue weighted by molar-refractivity contribution is 5.85. The van der Waals surface area contributed by atoms with E-state index in [1.54, 1.807) is 6.08 Å². The first kappa shape index (κ1) is 17.3. The van der Waals surface area contributed by atoms with Crippen LogP contribution in [-0.2, 0) is 0 Å². The molecule has 0 saturated carbocycles. The monoisotopic (exact) mass is 313 g/mol. The van der Waals surface area contributed by atoms with Crippen molar-refractivity contribution < 1.29 is 4.42 Å². The third kappa shape index (κ3) is 3.84. The van der Waals surface area contributed by atoms with Gasteiger partial charge in [-0.05, 0) is 37.5 Å². The molecule has 1 aromatic carbocycles. The summed E-state index contributed by atoms with van der Waals surface area (Å²) in [5.74, 6) is 0. The van der Waals surface area contributed by atoms with Gasteiger partial charge in [-0.25, -0.2) is 4.79 Å². The quantitative estimate of drug-likeness (QED) is 0.632. The summed E-state index contributed by atoms with van der Waals surface area (Å²) in [4.78, 5) is 14.5. The van der Waals surface area contributed by atoms with Crippen molar-refractivity contribution in [1.29, 1.82) is 0 Å². The second-order valence-electron chi connectivity index (χ2n) is 6.01. The molecule has 1 aromatic heterocycles. The highest BCUT2D eigenvalue weighted by atomic mass is 16.4. The fourth-order valence-corrected chi connectivity index (χ4v) is 2.86. The van der Waals surface area contributed by atoms with E-state index in [1.807, 2.05) is 13.0 Å². The van der Waals surface area contributed by atoms with Crippen LogP contribution in [0.4, 0.5) is 5.69 Å². The number of hydrogen-bond donors (Lipinski definition) is 0. The minimum Gasteiger partial charge on any atom is -0.422 e. The first-order valence-electron chi connectivity index (χ1n) is 8.57. The number of nitrogens with zero attached hydrogens (tertiary/aromatic N) is 1. The Labute approximate surface area is 138 Å². The van der Waals surface area contributed by atoms with E-state index in [1.165, 1.54) is 25.7 Å². The van der Waals surface area contributed by atoms with Crippen molar-refractivity contribution in [2.75, 3.05) is 18.0 Å². The highest BCUT2D eigenvalue weighted by Gasteiger charge is 2.12. The maximum atomic E-state index is 12.1. The van der Waals surface area contributed by atoms with Crippen molar-refractivity contribution in [2.24, 2.45) is 0 Å². The lowest BCUT2D eigenvalue weighted by Crippen LogP contribution is -2.25. The molecule has 0 amide bonds. The zero-order valence-corrected chi connectivity index (χ0v) is 14.5. The summed E-state index contributed by atoms with van der Waals surface area (Å²) in [5, 5.41) is 0.981. The van der Waals surface area contributed by atoms with Gasteiger partial charge in [0.05, 0.1) is 5.56 Å². The molecule has 1 heterocycles. The molecule has 124 valence electrons. The Morgan fingerprint density at radius 1 is 1.17 bits per heavy atom. The van der Waals surface area contributed by atoms with E-state index in [9.17, 15) is 4.79 Å². The molecule has 0 atom stereocenters. The van der Waals surface area contributed by atoms with Crippen molar-refractivity contribution >= 4 is 22.7 Å². The van der Waals surface area contributed by atoms with Crippen molar-refractivity contribution in [3.63, 3.8) is 0 Å². The van der Waals surface area contributed by atoms with Crippen LogP contribution in [0.15, 0.2) is 34.0 Å². The van der Waals surface area contributed by atoms with Gasteiger partial charge in [-0.2, -0.15) is 0 Å². The predicted octanol–water partition coefficient (Wildman–Crippen LogP) is 5.15. The van der Waals surface area contributed by atoms with E-state index in [0.717, 1.165) is 29.7 Å². The minimum absolute atomic E-state index is 0.309. The first-order chi connectivity index (χ1) is 11.1. The first-order valence-corrected chi connectivity index (χ1v) is 8.57. The number of unbranched alkanes of at least 4 members (excludes halogenated alkanes) is 2. The van der Waals surface area contributed by atoms with Gasteiger partial charge >= 0.3 is 5.63 Å². The summed E-state index contributed by atoms with van der Waals surface area (Å²) in [7, 11) is 0. The third-order valence-corrected chi connectivity index (χ3v) is 4.33. The molecule has 0 aliphatic heterocycles. The molecule has 0 radical (unpaired) electrons. The van der Waals surface area contributed by atoms with Gasteiger partial charge < -0.3 is 9.32 Å².